The molecule has 0 amide bonds. The zero-order valence-corrected chi connectivity index (χ0v) is 19.0. The summed E-state index contributed by atoms with van der Waals surface area (Å²) in [5, 5.41) is 10.4. The number of methoxy groups -OCH3 is 2. The molecule has 0 aliphatic rings. The highest BCUT2D eigenvalue weighted by atomic mass is 35.5. The lowest BCUT2D eigenvalue weighted by atomic mass is 10.0. The normalized spacial score (nSPS) is 10.9. The van der Waals surface area contributed by atoms with Gasteiger partial charge in [-0.1, -0.05) is 29.8 Å². The van der Waals surface area contributed by atoms with Crippen LogP contribution in [-0.2, 0) is 6.61 Å². The molecule has 0 bridgehead atoms. The minimum absolute atomic E-state index is 0.390. The van der Waals surface area contributed by atoms with Gasteiger partial charge in [0, 0.05) is 5.02 Å². The largest absolute Gasteiger partial charge is 0.493 e. The number of hydrogen-bond donors (Lipinski definition) is 0. The number of ether oxygens (including phenoxy) is 4. The molecule has 0 radical (unpaired) electrons. The Morgan fingerprint density at radius 2 is 1.59 bits per heavy atom. The van der Waals surface area contributed by atoms with E-state index >= 15 is 0 Å². The fraction of sp³-hybridized carbons (Fsp3) is 0.192. The summed E-state index contributed by atoms with van der Waals surface area (Å²) in [6.07, 6.45) is 1.80. The molecule has 0 spiro atoms. The quantitative estimate of drug-likeness (QED) is 0.279. The van der Waals surface area contributed by atoms with Crippen LogP contribution >= 0.6 is 11.6 Å². The third-order valence-electron chi connectivity index (χ3n) is 4.70. The van der Waals surface area contributed by atoms with Gasteiger partial charge >= 0.3 is 0 Å². The van der Waals surface area contributed by atoms with E-state index < -0.39 is 0 Å². The van der Waals surface area contributed by atoms with Crippen molar-refractivity contribution < 1.29 is 18.9 Å². The number of hydrogen-bond acceptors (Lipinski definition) is 5. The molecule has 0 fully saturated rings. The molecule has 0 aliphatic carbocycles. The molecule has 164 valence electrons. The molecule has 0 aliphatic heterocycles. The van der Waals surface area contributed by atoms with Crippen LogP contribution in [-0.4, -0.2) is 20.8 Å². The first kappa shape index (κ1) is 23.1. The van der Waals surface area contributed by atoms with E-state index in [1.54, 1.807) is 32.4 Å². The van der Waals surface area contributed by atoms with Gasteiger partial charge in [0.25, 0.3) is 0 Å². The Kier molecular flexibility index (Phi) is 8.02. The summed E-state index contributed by atoms with van der Waals surface area (Å²) in [5.41, 5.74) is 3.04. The van der Waals surface area contributed by atoms with Crippen LogP contribution in [0.25, 0.3) is 11.6 Å². The molecule has 0 N–H and O–H groups in total. The lowest BCUT2D eigenvalue weighted by molar-refractivity contribution is 0.269. The highest BCUT2D eigenvalue weighted by Gasteiger charge is 2.10. The second kappa shape index (κ2) is 11.1. The van der Waals surface area contributed by atoms with Crippen molar-refractivity contribution in [2.45, 2.75) is 13.5 Å². The summed E-state index contributed by atoms with van der Waals surface area (Å²) in [6, 6.07) is 20.7. The second-order valence-electron chi connectivity index (χ2n) is 6.79. The van der Waals surface area contributed by atoms with Gasteiger partial charge in [-0.3, -0.25) is 0 Å². The van der Waals surface area contributed by atoms with Crippen LogP contribution in [0.1, 0.15) is 23.6 Å². The molecule has 0 saturated carbocycles. The van der Waals surface area contributed by atoms with E-state index in [0.29, 0.717) is 46.8 Å². The first-order valence-electron chi connectivity index (χ1n) is 10.1. The molecular formula is C26H24ClNO4. The average Bonchev–Trinajstić information content (AvgIpc) is 2.82. The third kappa shape index (κ3) is 5.75. The Hall–Kier alpha value is -3.62. The smallest absolute Gasteiger partial charge is 0.161 e. The maximum atomic E-state index is 9.73. The van der Waals surface area contributed by atoms with Crippen LogP contribution in [0.5, 0.6) is 23.0 Å². The van der Waals surface area contributed by atoms with Crippen molar-refractivity contribution in [2.75, 3.05) is 20.8 Å². The molecule has 32 heavy (non-hydrogen) atoms. The third-order valence-corrected chi connectivity index (χ3v) is 4.95. The number of halogens is 1. The molecule has 0 heterocycles. The minimum Gasteiger partial charge on any atom is -0.493 e. The van der Waals surface area contributed by atoms with E-state index in [1.807, 2.05) is 55.5 Å². The van der Waals surface area contributed by atoms with E-state index in [1.165, 1.54) is 0 Å². The van der Waals surface area contributed by atoms with Crippen LogP contribution in [0.2, 0.25) is 5.02 Å². The monoisotopic (exact) mass is 449 g/mol. The average molecular weight is 450 g/mol. The molecule has 5 nitrogen and oxygen atoms in total. The Balaban J connectivity index is 1.86. The molecule has 3 rings (SSSR count). The maximum Gasteiger partial charge on any atom is 0.161 e. The van der Waals surface area contributed by atoms with Crippen LogP contribution in [0, 0.1) is 11.3 Å². The topological polar surface area (TPSA) is 60.7 Å². The van der Waals surface area contributed by atoms with Crippen LogP contribution in [0.3, 0.4) is 0 Å². The van der Waals surface area contributed by atoms with Crippen molar-refractivity contribution in [3.8, 4) is 29.1 Å². The summed E-state index contributed by atoms with van der Waals surface area (Å²) in [6.45, 7) is 2.79. The van der Waals surface area contributed by atoms with E-state index in [0.717, 1.165) is 16.7 Å². The zero-order chi connectivity index (χ0) is 22.9. The number of benzene rings is 3. The van der Waals surface area contributed by atoms with Gasteiger partial charge in [-0.2, -0.15) is 5.26 Å². The van der Waals surface area contributed by atoms with Gasteiger partial charge in [0.2, 0.25) is 0 Å². The first-order chi connectivity index (χ1) is 15.6. The lowest BCUT2D eigenvalue weighted by Crippen LogP contribution is -2.00. The molecule has 3 aromatic rings. The van der Waals surface area contributed by atoms with E-state index in [-0.39, 0.29) is 0 Å². The van der Waals surface area contributed by atoms with E-state index in [4.69, 9.17) is 30.5 Å². The zero-order valence-electron chi connectivity index (χ0n) is 18.2. The minimum atomic E-state index is 0.390. The van der Waals surface area contributed by atoms with Gasteiger partial charge in [0.15, 0.2) is 23.0 Å². The van der Waals surface area contributed by atoms with Crippen LogP contribution < -0.4 is 18.9 Å². The van der Waals surface area contributed by atoms with Gasteiger partial charge in [-0.05, 0) is 72.2 Å². The predicted molar refractivity (Wildman–Crippen MR) is 126 cm³/mol. The van der Waals surface area contributed by atoms with Crippen molar-refractivity contribution in [3.63, 3.8) is 0 Å². The van der Waals surface area contributed by atoms with Gasteiger partial charge in [0.1, 0.15) is 6.61 Å². The van der Waals surface area contributed by atoms with E-state index in [9.17, 15) is 5.26 Å². The molecular weight excluding hydrogens is 426 g/mol. The van der Waals surface area contributed by atoms with Gasteiger partial charge in [-0.15, -0.1) is 0 Å². The highest BCUT2D eigenvalue weighted by Crippen LogP contribution is 2.33. The van der Waals surface area contributed by atoms with Crippen molar-refractivity contribution >= 4 is 23.3 Å². The highest BCUT2D eigenvalue weighted by molar-refractivity contribution is 6.30. The molecule has 0 unspecified atom stereocenters. The van der Waals surface area contributed by atoms with E-state index in [2.05, 4.69) is 6.07 Å². The first-order valence-corrected chi connectivity index (χ1v) is 10.4. The second-order valence-corrected chi connectivity index (χ2v) is 7.23. The number of allylic oxidation sites excluding steroid dienone is 1. The summed E-state index contributed by atoms with van der Waals surface area (Å²) in [7, 11) is 3.14. The molecule has 0 aromatic heterocycles. The SMILES string of the molecule is CCOc1cc(/C=C(\C#N)c2ccc(OC)c(OC)c2)ccc1OCc1ccc(Cl)cc1. The maximum absolute atomic E-state index is 9.73. The van der Waals surface area contributed by atoms with Crippen molar-refractivity contribution in [2.24, 2.45) is 0 Å². The summed E-state index contributed by atoms with van der Waals surface area (Å²) < 4.78 is 22.4. The van der Waals surface area contributed by atoms with Gasteiger partial charge in [0.05, 0.1) is 32.5 Å². The standard InChI is InChI=1S/C26H24ClNO4/c1-4-31-26-14-19(7-11-24(26)32-17-18-5-9-22(27)10-6-18)13-21(16-28)20-8-12-23(29-2)25(15-20)30-3/h5-15H,4,17H2,1-3H3/b21-13+. The Morgan fingerprint density at radius 1 is 0.875 bits per heavy atom. The fourth-order valence-electron chi connectivity index (χ4n) is 3.09. The summed E-state index contributed by atoms with van der Waals surface area (Å²) in [5.74, 6) is 2.41. The Morgan fingerprint density at radius 3 is 2.25 bits per heavy atom. The van der Waals surface area contributed by atoms with Gasteiger partial charge < -0.3 is 18.9 Å². The number of nitrogens with zero attached hydrogens (tertiary/aromatic N) is 1. The predicted octanol–water partition coefficient (Wildman–Crippen LogP) is 6.40. The summed E-state index contributed by atoms with van der Waals surface area (Å²) in [4.78, 5) is 0. The molecule has 3 aromatic carbocycles. The molecule has 0 saturated heterocycles. The molecule has 6 heteroatoms. The molecule has 0 atom stereocenters. The van der Waals surface area contributed by atoms with Crippen LogP contribution in [0.4, 0.5) is 0 Å². The van der Waals surface area contributed by atoms with Crippen molar-refractivity contribution in [1.29, 1.82) is 5.26 Å². The number of nitriles is 1. The fourth-order valence-corrected chi connectivity index (χ4v) is 3.22. The van der Waals surface area contributed by atoms with Gasteiger partial charge in [-0.25, -0.2) is 0 Å². The number of rotatable bonds is 9. The Bertz CT molecular complexity index is 1130. The lowest BCUT2D eigenvalue weighted by Gasteiger charge is -2.13. The van der Waals surface area contributed by atoms with Crippen LogP contribution in [0.15, 0.2) is 60.7 Å². The summed E-state index contributed by atoms with van der Waals surface area (Å²) >= 11 is 5.94. The van der Waals surface area contributed by atoms with Crippen molar-refractivity contribution in [3.05, 3.63) is 82.4 Å². The van der Waals surface area contributed by atoms with Crippen molar-refractivity contribution in [1.82, 2.24) is 0 Å². The Labute approximate surface area is 193 Å².